The lowest BCUT2D eigenvalue weighted by Crippen LogP contribution is -2.49. The second kappa shape index (κ2) is 5.76. The molecule has 4 rings (SSSR count). The van der Waals surface area contributed by atoms with E-state index in [0.29, 0.717) is 18.4 Å². The van der Waals surface area contributed by atoms with Gasteiger partial charge in [-0.05, 0) is 81.6 Å². The molecule has 3 fully saturated rings. The van der Waals surface area contributed by atoms with Gasteiger partial charge < -0.3 is 15.4 Å². The van der Waals surface area contributed by atoms with Crippen LogP contribution in [-0.4, -0.2) is 31.1 Å². The maximum atomic E-state index is 12.4. The molecule has 2 saturated carbocycles. The van der Waals surface area contributed by atoms with Crippen LogP contribution < -0.4 is 15.4 Å². The normalized spacial score (nSPS) is 28.4. The molecular weight excluding hydrogens is 300 g/mol. The summed E-state index contributed by atoms with van der Waals surface area (Å²) in [6.45, 7) is 8.65. The number of hydrogen-bond donors (Lipinski definition) is 2. The molecule has 3 aliphatic rings. The number of piperidine rings is 1. The number of amides is 1. The fourth-order valence-electron chi connectivity index (χ4n) is 4.02. The van der Waals surface area contributed by atoms with Gasteiger partial charge in [-0.1, -0.05) is 12.1 Å². The van der Waals surface area contributed by atoms with Crippen molar-refractivity contribution in [2.75, 3.05) is 19.7 Å². The van der Waals surface area contributed by atoms with E-state index in [9.17, 15) is 4.79 Å². The summed E-state index contributed by atoms with van der Waals surface area (Å²) in [4.78, 5) is 12.4. The molecule has 0 bridgehead atoms. The van der Waals surface area contributed by atoms with Gasteiger partial charge >= 0.3 is 0 Å². The summed E-state index contributed by atoms with van der Waals surface area (Å²) >= 11 is 0. The Kier molecular flexibility index (Phi) is 3.83. The van der Waals surface area contributed by atoms with Crippen molar-refractivity contribution in [1.82, 2.24) is 10.6 Å². The Morgan fingerprint density at radius 1 is 1.29 bits per heavy atom. The summed E-state index contributed by atoms with van der Waals surface area (Å²) in [6, 6.07) is 6.51. The van der Waals surface area contributed by atoms with Gasteiger partial charge in [-0.15, -0.1) is 0 Å². The molecule has 0 spiro atoms. The molecule has 130 valence electrons. The SMILES string of the molecule is Cc1cc(C2CC2)ccc1OCC(C)(C)NC(=O)C1C2CNCC21. The van der Waals surface area contributed by atoms with E-state index in [1.54, 1.807) is 0 Å². The fourth-order valence-corrected chi connectivity index (χ4v) is 4.02. The first kappa shape index (κ1) is 15.9. The number of rotatable bonds is 6. The van der Waals surface area contributed by atoms with E-state index in [0.717, 1.165) is 24.8 Å². The number of hydrogen-bond acceptors (Lipinski definition) is 3. The van der Waals surface area contributed by atoms with Crippen molar-refractivity contribution < 1.29 is 9.53 Å². The summed E-state index contributed by atoms with van der Waals surface area (Å²) in [5.74, 6) is 3.21. The van der Waals surface area contributed by atoms with Gasteiger partial charge in [0.15, 0.2) is 0 Å². The van der Waals surface area contributed by atoms with Crippen molar-refractivity contribution in [2.24, 2.45) is 17.8 Å². The van der Waals surface area contributed by atoms with E-state index in [-0.39, 0.29) is 17.4 Å². The number of nitrogens with one attached hydrogen (secondary N) is 2. The van der Waals surface area contributed by atoms with Crippen LogP contribution in [0.5, 0.6) is 5.75 Å². The third kappa shape index (κ3) is 3.16. The summed E-state index contributed by atoms with van der Waals surface area (Å²) in [5, 5.41) is 6.52. The minimum Gasteiger partial charge on any atom is -0.491 e. The quantitative estimate of drug-likeness (QED) is 0.844. The minimum atomic E-state index is -0.358. The van der Waals surface area contributed by atoms with Crippen LogP contribution in [0.3, 0.4) is 0 Å². The molecule has 2 aliphatic carbocycles. The van der Waals surface area contributed by atoms with Crippen LogP contribution >= 0.6 is 0 Å². The van der Waals surface area contributed by atoms with Crippen molar-refractivity contribution in [3.63, 3.8) is 0 Å². The highest BCUT2D eigenvalue weighted by Crippen LogP contribution is 2.48. The summed E-state index contributed by atoms with van der Waals surface area (Å²) in [7, 11) is 0. The molecule has 0 radical (unpaired) electrons. The Balaban J connectivity index is 1.31. The molecule has 2 unspecified atom stereocenters. The van der Waals surface area contributed by atoms with Crippen molar-refractivity contribution in [3.8, 4) is 5.75 Å². The Labute approximate surface area is 144 Å². The Bertz CT molecular complexity index is 641. The van der Waals surface area contributed by atoms with Crippen LogP contribution in [-0.2, 0) is 4.79 Å². The third-order valence-electron chi connectivity index (χ3n) is 5.69. The Morgan fingerprint density at radius 2 is 2.00 bits per heavy atom. The third-order valence-corrected chi connectivity index (χ3v) is 5.69. The van der Waals surface area contributed by atoms with Gasteiger partial charge in [-0.2, -0.15) is 0 Å². The molecule has 24 heavy (non-hydrogen) atoms. The molecule has 1 aromatic rings. The molecule has 1 amide bonds. The maximum Gasteiger partial charge on any atom is 0.224 e. The summed E-state index contributed by atoms with van der Waals surface area (Å²) in [5.41, 5.74) is 2.26. The highest BCUT2D eigenvalue weighted by Gasteiger charge is 2.57. The van der Waals surface area contributed by atoms with Crippen LogP contribution in [0.25, 0.3) is 0 Å². The largest absolute Gasteiger partial charge is 0.491 e. The van der Waals surface area contributed by atoms with Gasteiger partial charge in [0.25, 0.3) is 0 Å². The van der Waals surface area contributed by atoms with Crippen LogP contribution in [0.4, 0.5) is 0 Å². The number of aryl methyl sites for hydroxylation is 1. The predicted octanol–water partition coefficient (Wildman–Crippen LogP) is 2.61. The Hall–Kier alpha value is -1.55. The van der Waals surface area contributed by atoms with Gasteiger partial charge in [0, 0.05) is 5.92 Å². The highest BCUT2D eigenvalue weighted by atomic mass is 16.5. The average molecular weight is 328 g/mol. The highest BCUT2D eigenvalue weighted by molar-refractivity contribution is 5.83. The van der Waals surface area contributed by atoms with Crippen LogP contribution in [0.15, 0.2) is 18.2 Å². The molecule has 1 saturated heterocycles. The van der Waals surface area contributed by atoms with Gasteiger partial charge in [0.2, 0.25) is 5.91 Å². The predicted molar refractivity (Wildman–Crippen MR) is 94.2 cm³/mol. The van der Waals surface area contributed by atoms with E-state index in [1.807, 2.05) is 13.8 Å². The average Bonchev–Trinajstić information content (AvgIpc) is 3.44. The number of benzene rings is 1. The van der Waals surface area contributed by atoms with Crippen molar-refractivity contribution in [3.05, 3.63) is 29.3 Å². The van der Waals surface area contributed by atoms with Gasteiger partial charge in [-0.3, -0.25) is 4.79 Å². The Morgan fingerprint density at radius 3 is 2.62 bits per heavy atom. The van der Waals surface area contributed by atoms with Gasteiger partial charge in [0.05, 0.1) is 5.54 Å². The van der Waals surface area contributed by atoms with Crippen molar-refractivity contribution in [1.29, 1.82) is 0 Å². The molecule has 2 N–H and O–H groups in total. The molecule has 1 aromatic carbocycles. The molecule has 1 heterocycles. The first-order valence-electron chi connectivity index (χ1n) is 9.21. The summed E-state index contributed by atoms with van der Waals surface area (Å²) in [6.07, 6.45) is 2.63. The van der Waals surface area contributed by atoms with Crippen molar-refractivity contribution in [2.45, 2.75) is 45.1 Å². The summed E-state index contributed by atoms with van der Waals surface area (Å²) < 4.78 is 6.02. The van der Waals surface area contributed by atoms with Crippen LogP contribution in [0.1, 0.15) is 43.7 Å². The number of fused-ring (bicyclic) bond motifs is 1. The molecule has 2 atom stereocenters. The second-order valence-electron chi connectivity index (χ2n) is 8.47. The van der Waals surface area contributed by atoms with Gasteiger partial charge in [0.1, 0.15) is 12.4 Å². The van der Waals surface area contributed by atoms with E-state index in [1.165, 1.54) is 24.0 Å². The molecule has 0 aromatic heterocycles. The van der Waals surface area contributed by atoms with Crippen LogP contribution in [0, 0.1) is 24.7 Å². The van der Waals surface area contributed by atoms with E-state index in [4.69, 9.17) is 4.74 Å². The lowest BCUT2D eigenvalue weighted by Gasteiger charge is -2.27. The van der Waals surface area contributed by atoms with E-state index in [2.05, 4.69) is 35.8 Å². The zero-order valence-electron chi connectivity index (χ0n) is 14.9. The topological polar surface area (TPSA) is 50.4 Å². The zero-order valence-corrected chi connectivity index (χ0v) is 14.9. The standard InChI is InChI=1S/C20H28N2O2/c1-12-8-14(13-4-5-13)6-7-17(12)24-11-20(2,3)22-19(23)18-15-9-21-10-16(15)18/h6-8,13,15-16,18,21H,4-5,9-11H2,1-3H3,(H,22,23). The van der Waals surface area contributed by atoms with E-state index < -0.39 is 0 Å². The number of carbonyl (C=O) groups excluding carboxylic acids is 1. The molecular formula is C20H28N2O2. The lowest BCUT2D eigenvalue weighted by atomic mass is 10.1. The number of ether oxygens (including phenoxy) is 1. The maximum absolute atomic E-state index is 12.4. The van der Waals surface area contributed by atoms with Gasteiger partial charge in [-0.25, -0.2) is 0 Å². The smallest absolute Gasteiger partial charge is 0.224 e. The first-order valence-corrected chi connectivity index (χ1v) is 9.21. The monoisotopic (exact) mass is 328 g/mol. The molecule has 1 aliphatic heterocycles. The van der Waals surface area contributed by atoms with Crippen LogP contribution in [0.2, 0.25) is 0 Å². The minimum absolute atomic E-state index is 0.195. The number of carbonyl (C=O) groups is 1. The molecule has 4 nitrogen and oxygen atoms in total. The second-order valence-corrected chi connectivity index (χ2v) is 8.47. The fraction of sp³-hybridized carbons (Fsp3) is 0.650. The van der Waals surface area contributed by atoms with E-state index >= 15 is 0 Å². The van der Waals surface area contributed by atoms with Crippen molar-refractivity contribution >= 4 is 5.91 Å². The zero-order chi connectivity index (χ0) is 16.9. The first-order chi connectivity index (χ1) is 11.4. The molecule has 4 heteroatoms. The lowest BCUT2D eigenvalue weighted by molar-refractivity contribution is -0.125.